The van der Waals surface area contributed by atoms with Crippen LogP contribution in [-0.2, 0) is 16.2 Å². The number of hydrogen-bond acceptors (Lipinski definition) is 0. The van der Waals surface area contributed by atoms with E-state index >= 15 is 0 Å². The van der Waals surface area contributed by atoms with E-state index in [-0.39, 0.29) is 16.2 Å². The third-order valence-electron chi connectivity index (χ3n) is 7.12. The normalized spacial score (nSPS) is 20.0. The van der Waals surface area contributed by atoms with E-state index < -0.39 is 7.74 Å². The highest BCUT2D eigenvalue weighted by Crippen LogP contribution is 2.59. The molecule has 1 aromatic carbocycles. The summed E-state index contributed by atoms with van der Waals surface area (Å²) in [4.78, 5) is 0. The van der Waals surface area contributed by atoms with Gasteiger partial charge in [-0.2, -0.15) is 0 Å². The molecule has 2 heteroatoms. The van der Waals surface area contributed by atoms with Gasteiger partial charge in [-0.25, -0.2) is 0 Å². The first-order chi connectivity index (χ1) is 13.7. The third-order valence-corrected chi connectivity index (χ3v) is 13.9. The molecule has 0 amide bonds. The molecule has 1 unspecified atom stereocenters. The van der Waals surface area contributed by atoms with E-state index in [4.69, 9.17) is 0 Å². The molecule has 0 heterocycles. The molecule has 1 aliphatic carbocycles. The lowest BCUT2D eigenvalue weighted by Crippen LogP contribution is -2.39. The molecule has 0 nitrogen and oxygen atoms in total. The Hall–Kier alpha value is -0.133. The van der Waals surface area contributed by atoms with Crippen LogP contribution in [0.5, 0.6) is 0 Å². The molecule has 1 aliphatic rings. The van der Waals surface area contributed by atoms with Crippen LogP contribution < -0.4 is 5.30 Å². The maximum absolute atomic E-state index is 2.61. The van der Waals surface area contributed by atoms with E-state index in [0.29, 0.717) is 0 Å². The zero-order valence-corrected chi connectivity index (χ0v) is 25.2. The van der Waals surface area contributed by atoms with Crippen LogP contribution in [0.4, 0.5) is 0 Å². The van der Waals surface area contributed by atoms with E-state index in [9.17, 15) is 0 Å². The van der Waals surface area contributed by atoms with Crippen molar-refractivity contribution in [2.45, 2.75) is 119 Å². The zero-order valence-electron chi connectivity index (χ0n) is 23.2. The number of benzene rings is 1. The number of rotatable bonds is 3. The summed E-state index contributed by atoms with van der Waals surface area (Å²) in [5, 5.41) is 1.65. The summed E-state index contributed by atoms with van der Waals surface area (Å²) >= 11 is 0. The van der Waals surface area contributed by atoms with Gasteiger partial charge < -0.3 is 0 Å². The largest absolute Gasteiger partial charge is 0.101 e. The fraction of sp³-hybridized carbons (Fsp3) is 0.621. The Morgan fingerprint density at radius 3 is 1.23 bits per heavy atom. The van der Waals surface area contributed by atoms with Crippen molar-refractivity contribution in [3.05, 3.63) is 58.0 Å². The van der Waals surface area contributed by atoms with Gasteiger partial charge >= 0.3 is 0 Å². The molecule has 0 aromatic heterocycles. The number of hydrogen-bond donors (Lipinski definition) is 0. The molecule has 1 atom stereocenters. The average Bonchev–Trinajstić information content (AvgIpc) is 2.75. The summed E-state index contributed by atoms with van der Waals surface area (Å²) in [6.07, 6.45) is 0. The molecule has 0 bridgehead atoms. The monoisotopic (exact) mass is 455 g/mol. The minimum absolute atomic E-state index is 0.135. The first kappa shape index (κ1) is 27.1. The fourth-order valence-electron chi connectivity index (χ4n) is 4.92. The molecular formula is C29H48PSi. The van der Waals surface area contributed by atoms with E-state index in [1.165, 1.54) is 17.4 Å². The summed E-state index contributed by atoms with van der Waals surface area (Å²) in [6, 6.07) is 5.09. The van der Waals surface area contributed by atoms with E-state index in [2.05, 4.69) is 115 Å². The van der Waals surface area contributed by atoms with Gasteiger partial charge in [-0.15, -0.1) is 8.13 Å². The summed E-state index contributed by atoms with van der Waals surface area (Å²) in [6.45, 7) is 36.0. The lowest BCUT2D eigenvalue weighted by atomic mass is 9.75. The standard InChI is InChI=1S/C29H48PSi/c1-18-19(2)21(4)26(20(18)3)31(14,15)30-25-23(28(8,9)10)16-22(27(5,6)7)17-24(25)29(11,12)13/h16-17,30H,1-15H3. The molecule has 0 saturated heterocycles. The molecule has 0 N–H and O–H groups in total. The lowest BCUT2D eigenvalue weighted by molar-refractivity contribution is 0.554. The molecule has 173 valence electrons. The van der Waals surface area contributed by atoms with Crippen molar-refractivity contribution in [3.8, 4) is 0 Å². The molecular weight excluding hydrogens is 407 g/mol. The average molecular weight is 456 g/mol. The SMILES string of the molecule is C[C]1[C](C)[C](C)[C]([Si](C)(C)Pc2c(C(C)(C)C)cc(C(C)(C)C)cc2C(C)(C)C)[C]1C. The van der Waals surface area contributed by atoms with Crippen LogP contribution in [-0.4, -0.2) is 7.74 Å². The van der Waals surface area contributed by atoms with Crippen LogP contribution in [0.15, 0.2) is 12.1 Å². The second-order valence-corrected chi connectivity index (χ2v) is 22.3. The van der Waals surface area contributed by atoms with Crippen LogP contribution in [0, 0.1) is 29.2 Å². The minimum atomic E-state index is -1.68. The highest BCUT2D eigenvalue weighted by molar-refractivity contribution is 7.88. The highest BCUT2D eigenvalue weighted by Gasteiger charge is 2.51. The third kappa shape index (κ3) is 5.51. The molecule has 0 spiro atoms. The smallest absolute Gasteiger partial charge is 0.0843 e. The van der Waals surface area contributed by atoms with Crippen LogP contribution in [0.1, 0.15) is 107 Å². The van der Waals surface area contributed by atoms with Crippen LogP contribution in [0.3, 0.4) is 0 Å². The highest BCUT2D eigenvalue weighted by atomic mass is 31.3. The summed E-state index contributed by atoms with van der Waals surface area (Å²) < 4.78 is 0. The maximum Gasteiger partial charge on any atom is 0.0843 e. The first-order valence-electron chi connectivity index (χ1n) is 11.9. The summed E-state index contributed by atoms with van der Waals surface area (Å²) in [7, 11) is -0.801. The van der Waals surface area contributed by atoms with Gasteiger partial charge in [-0.3, -0.25) is 0 Å². The Bertz CT molecular complexity index is 735. The Labute approximate surface area is 198 Å². The lowest BCUT2D eigenvalue weighted by Gasteiger charge is -2.40. The van der Waals surface area contributed by atoms with Crippen LogP contribution >= 0.6 is 8.13 Å². The molecule has 5 radical (unpaired) electrons. The Morgan fingerprint density at radius 2 is 0.935 bits per heavy atom. The summed E-state index contributed by atoms with van der Waals surface area (Å²) in [5.74, 6) is 6.13. The molecule has 0 aliphatic heterocycles. The Balaban J connectivity index is 2.72. The summed E-state index contributed by atoms with van der Waals surface area (Å²) in [5.41, 5.74) is 6.74. The van der Waals surface area contributed by atoms with Crippen LogP contribution in [0.2, 0.25) is 13.1 Å². The molecule has 2 rings (SSSR count). The van der Waals surface area contributed by atoms with Crippen molar-refractivity contribution in [3.63, 3.8) is 0 Å². The molecule has 1 saturated carbocycles. The fourth-order valence-corrected chi connectivity index (χ4v) is 13.3. The second-order valence-electron chi connectivity index (χ2n) is 13.3. The molecule has 1 aromatic rings. The maximum atomic E-state index is 2.61. The topological polar surface area (TPSA) is 0 Å². The Kier molecular flexibility index (Phi) is 7.50. The molecule has 31 heavy (non-hydrogen) atoms. The predicted molar refractivity (Wildman–Crippen MR) is 147 cm³/mol. The van der Waals surface area contributed by atoms with Gasteiger partial charge in [0.15, 0.2) is 0 Å². The van der Waals surface area contributed by atoms with Gasteiger partial charge in [-0.1, -0.05) is 115 Å². The molecule has 1 fully saturated rings. The zero-order chi connectivity index (χ0) is 24.3. The van der Waals surface area contributed by atoms with Crippen molar-refractivity contribution in [2.24, 2.45) is 0 Å². The van der Waals surface area contributed by atoms with Crippen molar-refractivity contribution in [1.82, 2.24) is 0 Å². The van der Waals surface area contributed by atoms with Crippen molar-refractivity contribution in [2.75, 3.05) is 0 Å². The van der Waals surface area contributed by atoms with Gasteiger partial charge in [0.2, 0.25) is 0 Å². The van der Waals surface area contributed by atoms with E-state index in [1.54, 1.807) is 33.8 Å². The van der Waals surface area contributed by atoms with Crippen LogP contribution in [0.25, 0.3) is 0 Å². The van der Waals surface area contributed by atoms with Gasteiger partial charge in [0.1, 0.15) is 0 Å². The van der Waals surface area contributed by atoms with E-state index in [1.807, 2.05) is 0 Å². The first-order valence-corrected chi connectivity index (χ1v) is 16.9. The van der Waals surface area contributed by atoms with Gasteiger partial charge in [0.05, 0.1) is 7.74 Å². The van der Waals surface area contributed by atoms with Gasteiger partial charge in [0.25, 0.3) is 0 Å². The van der Waals surface area contributed by atoms with Gasteiger partial charge in [-0.05, 0) is 67.5 Å². The predicted octanol–water partition coefficient (Wildman–Crippen LogP) is 8.59. The minimum Gasteiger partial charge on any atom is -0.101 e. The van der Waals surface area contributed by atoms with E-state index in [0.717, 1.165) is 8.13 Å². The quantitative estimate of drug-likeness (QED) is 0.316. The van der Waals surface area contributed by atoms with Gasteiger partial charge in [0, 0.05) is 0 Å². The van der Waals surface area contributed by atoms with Crippen molar-refractivity contribution < 1.29 is 0 Å². The Morgan fingerprint density at radius 1 is 0.581 bits per heavy atom. The second kappa shape index (κ2) is 8.58. The van der Waals surface area contributed by atoms with Crippen molar-refractivity contribution >= 4 is 21.2 Å². The van der Waals surface area contributed by atoms with Crippen molar-refractivity contribution in [1.29, 1.82) is 0 Å².